The van der Waals surface area contributed by atoms with Gasteiger partial charge in [-0.3, -0.25) is 10.1 Å². The van der Waals surface area contributed by atoms with Gasteiger partial charge >= 0.3 is 0 Å². The van der Waals surface area contributed by atoms with Crippen molar-refractivity contribution in [3.05, 3.63) is 84.7 Å². The predicted octanol–water partition coefficient (Wildman–Crippen LogP) is 4.32. The molecule has 0 aliphatic carbocycles. The number of benzene rings is 3. The van der Waals surface area contributed by atoms with Gasteiger partial charge in [-0.2, -0.15) is 10.2 Å². The topological polar surface area (TPSA) is 102 Å². The molecule has 0 radical (unpaired) electrons. The summed E-state index contributed by atoms with van der Waals surface area (Å²) in [5.41, 5.74) is 13.4. The summed E-state index contributed by atoms with van der Waals surface area (Å²) in [7, 11) is 0. The Morgan fingerprint density at radius 3 is 2.77 bits per heavy atom. The summed E-state index contributed by atoms with van der Waals surface area (Å²) in [6, 6.07) is 21.9. The lowest BCUT2D eigenvalue weighted by atomic mass is 10.1. The van der Waals surface area contributed by atoms with Gasteiger partial charge in [-0.05, 0) is 61.0 Å². The molecule has 0 aliphatic heterocycles. The number of aryl methyl sites for hydroxylation is 1. The molecule has 5 rings (SSSR count). The molecule has 5 N–H and O–H groups in total. The lowest BCUT2D eigenvalue weighted by molar-refractivity contribution is 0.886. The van der Waals surface area contributed by atoms with Gasteiger partial charge in [-0.1, -0.05) is 18.2 Å². The van der Waals surface area contributed by atoms with Gasteiger partial charge in [0.15, 0.2) is 0 Å². The van der Waals surface area contributed by atoms with Crippen LogP contribution in [0.5, 0.6) is 0 Å². The highest BCUT2D eigenvalue weighted by atomic mass is 15.4. The number of H-pyrrole nitrogens is 1. The SMILES string of the molecule is Cc1cccc(-n2nccc2-c2ccc(N)c(N(N)c3ccc4cn[nH]c4c3)c2)c1. The van der Waals surface area contributed by atoms with Crippen LogP contribution in [-0.4, -0.2) is 20.0 Å². The van der Waals surface area contributed by atoms with Gasteiger partial charge in [0.05, 0.1) is 46.4 Å². The molecule has 0 fully saturated rings. The van der Waals surface area contributed by atoms with E-state index in [9.17, 15) is 0 Å². The van der Waals surface area contributed by atoms with Gasteiger partial charge in [0.2, 0.25) is 0 Å². The number of fused-ring (bicyclic) bond motifs is 1. The second-order valence-corrected chi connectivity index (χ2v) is 7.25. The smallest absolute Gasteiger partial charge is 0.0811 e. The van der Waals surface area contributed by atoms with E-state index in [-0.39, 0.29) is 0 Å². The summed E-state index contributed by atoms with van der Waals surface area (Å²) in [5.74, 6) is 6.46. The highest BCUT2D eigenvalue weighted by Crippen LogP contribution is 2.34. The highest BCUT2D eigenvalue weighted by molar-refractivity contribution is 5.85. The van der Waals surface area contributed by atoms with E-state index >= 15 is 0 Å². The van der Waals surface area contributed by atoms with Crippen LogP contribution < -0.4 is 16.6 Å². The third-order valence-electron chi connectivity index (χ3n) is 5.18. The van der Waals surface area contributed by atoms with Crippen LogP contribution >= 0.6 is 0 Å². The van der Waals surface area contributed by atoms with E-state index in [0.29, 0.717) is 11.4 Å². The van der Waals surface area contributed by atoms with Gasteiger partial charge < -0.3 is 5.73 Å². The molecular formula is C23H21N7. The van der Waals surface area contributed by atoms with E-state index in [2.05, 4.69) is 34.4 Å². The Labute approximate surface area is 173 Å². The van der Waals surface area contributed by atoms with Crippen LogP contribution in [0.4, 0.5) is 17.1 Å². The Kier molecular flexibility index (Phi) is 4.22. The number of nitrogen functional groups attached to an aromatic ring is 1. The first kappa shape index (κ1) is 18.0. The van der Waals surface area contributed by atoms with E-state index in [0.717, 1.165) is 33.5 Å². The summed E-state index contributed by atoms with van der Waals surface area (Å²) < 4.78 is 1.92. The van der Waals surface area contributed by atoms with Crippen LogP contribution in [0.15, 0.2) is 79.1 Å². The number of hydrazine groups is 1. The first-order chi connectivity index (χ1) is 14.6. The minimum absolute atomic E-state index is 0.590. The number of aromatic amines is 1. The molecular weight excluding hydrogens is 374 g/mol. The van der Waals surface area contributed by atoms with Crippen LogP contribution in [-0.2, 0) is 0 Å². The van der Waals surface area contributed by atoms with Crippen LogP contribution in [0.3, 0.4) is 0 Å². The van der Waals surface area contributed by atoms with Gasteiger partial charge in [-0.25, -0.2) is 10.5 Å². The fourth-order valence-electron chi connectivity index (χ4n) is 3.61. The van der Waals surface area contributed by atoms with Crippen molar-refractivity contribution in [3.63, 3.8) is 0 Å². The fraction of sp³-hybridized carbons (Fsp3) is 0.0435. The summed E-state index contributed by atoms with van der Waals surface area (Å²) in [5, 5.41) is 14.2. The number of hydrogen-bond donors (Lipinski definition) is 3. The molecule has 0 atom stereocenters. The van der Waals surface area contributed by atoms with Crippen LogP contribution in [0.25, 0.3) is 27.8 Å². The predicted molar refractivity (Wildman–Crippen MR) is 121 cm³/mol. The Hall–Kier alpha value is -4.10. The molecule has 7 heteroatoms. The number of rotatable bonds is 4. The molecule has 0 saturated heterocycles. The van der Waals surface area contributed by atoms with E-state index in [1.807, 2.05) is 59.3 Å². The Bertz CT molecular complexity index is 1350. The third-order valence-corrected chi connectivity index (χ3v) is 5.18. The zero-order valence-electron chi connectivity index (χ0n) is 16.4. The molecule has 2 heterocycles. The van der Waals surface area contributed by atoms with Crippen LogP contribution in [0, 0.1) is 6.92 Å². The Morgan fingerprint density at radius 1 is 1.00 bits per heavy atom. The summed E-state index contributed by atoms with van der Waals surface area (Å²) in [6.07, 6.45) is 3.57. The summed E-state index contributed by atoms with van der Waals surface area (Å²) >= 11 is 0. The van der Waals surface area contributed by atoms with Crippen LogP contribution in [0.2, 0.25) is 0 Å². The zero-order chi connectivity index (χ0) is 20.7. The minimum Gasteiger partial charge on any atom is -0.397 e. The maximum absolute atomic E-state index is 6.46. The molecule has 7 nitrogen and oxygen atoms in total. The second-order valence-electron chi connectivity index (χ2n) is 7.25. The molecule has 5 aromatic rings. The number of anilines is 3. The summed E-state index contributed by atoms with van der Waals surface area (Å²) in [4.78, 5) is 0. The van der Waals surface area contributed by atoms with E-state index < -0.39 is 0 Å². The van der Waals surface area contributed by atoms with Crippen molar-refractivity contribution in [2.45, 2.75) is 6.92 Å². The van der Waals surface area contributed by atoms with Crippen molar-refractivity contribution in [2.24, 2.45) is 5.84 Å². The average Bonchev–Trinajstić information content (AvgIpc) is 3.42. The number of hydrogen-bond acceptors (Lipinski definition) is 5. The molecule has 0 bridgehead atoms. The number of nitrogens with one attached hydrogen (secondary N) is 1. The molecule has 0 aliphatic rings. The fourth-order valence-corrected chi connectivity index (χ4v) is 3.61. The molecule has 0 spiro atoms. The average molecular weight is 395 g/mol. The van der Waals surface area contributed by atoms with Crippen molar-refractivity contribution in [1.29, 1.82) is 0 Å². The molecule has 0 saturated carbocycles. The van der Waals surface area contributed by atoms with Crippen molar-refractivity contribution in [1.82, 2.24) is 20.0 Å². The first-order valence-electron chi connectivity index (χ1n) is 9.59. The zero-order valence-corrected chi connectivity index (χ0v) is 16.4. The first-order valence-corrected chi connectivity index (χ1v) is 9.59. The minimum atomic E-state index is 0.590. The van der Waals surface area contributed by atoms with Crippen molar-refractivity contribution in [3.8, 4) is 16.9 Å². The van der Waals surface area contributed by atoms with E-state index in [1.165, 1.54) is 5.56 Å². The molecule has 2 aromatic heterocycles. The maximum Gasteiger partial charge on any atom is 0.0811 e. The standard InChI is InChI=1S/C23H21N7/c1-15-3-2-4-19(11-15)30-22(9-10-27-30)16-6-8-20(24)23(12-16)29(25)18-7-5-17-14-26-28-21(17)13-18/h2-14H,24-25H2,1H3,(H,26,28). The van der Waals surface area contributed by atoms with Gasteiger partial charge in [0, 0.05) is 10.9 Å². The van der Waals surface area contributed by atoms with E-state index in [4.69, 9.17) is 11.6 Å². The van der Waals surface area contributed by atoms with Crippen molar-refractivity contribution >= 4 is 28.0 Å². The van der Waals surface area contributed by atoms with E-state index in [1.54, 1.807) is 17.4 Å². The van der Waals surface area contributed by atoms with Gasteiger partial charge in [0.25, 0.3) is 0 Å². The van der Waals surface area contributed by atoms with Gasteiger partial charge in [-0.15, -0.1) is 0 Å². The maximum atomic E-state index is 6.46. The number of aromatic nitrogens is 4. The second kappa shape index (κ2) is 7.06. The van der Waals surface area contributed by atoms with Crippen molar-refractivity contribution < 1.29 is 0 Å². The van der Waals surface area contributed by atoms with Crippen LogP contribution in [0.1, 0.15) is 5.56 Å². The normalized spacial score (nSPS) is 11.1. The third kappa shape index (κ3) is 3.07. The number of nitrogens with zero attached hydrogens (tertiary/aromatic N) is 4. The molecule has 3 aromatic carbocycles. The lowest BCUT2D eigenvalue weighted by Gasteiger charge is -2.21. The Balaban J connectivity index is 1.57. The monoisotopic (exact) mass is 395 g/mol. The lowest BCUT2D eigenvalue weighted by Crippen LogP contribution is -2.25. The quantitative estimate of drug-likeness (QED) is 0.239. The Morgan fingerprint density at radius 2 is 1.90 bits per heavy atom. The largest absolute Gasteiger partial charge is 0.397 e. The highest BCUT2D eigenvalue weighted by Gasteiger charge is 2.14. The molecule has 148 valence electrons. The molecule has 0 amide bonds. The summed E-state index contributed by atoms with van der Waals surface area (Å²) in [6.45, 7) is 2.07. The molecule has 30 heavy (non-hydrogen) atoms. The molecule has 0 unspecified atom stereocenters. The van der Waals surface area contributed by atoms with Crippen molar-refractivity contribution in [2.75, 3.05) is 10.7 Å². The number of nitrogens with two attached hydrogens (primary N) is 2. The van der Waals surface area contributed by atoms with Gasteiger partial charge in [0.1, 0.15) is 0 Å².